The number of carbonyl (C=O) groups is 1. The zero-order valence-corrected chi connectivity index (χ0v) is 17.3. The molecule has 1 aromatic heterocycles. The first kappa shape index (κ1) is 19.1. The highest BCUT2D eigenvalue weighted by molar-refractivity contribution is 6.31. The molecule has 0 aliphatic heterocycles. The summed E-state index contributed by atoms with van der Waals surface area (Å²) in [5.74, 6) is 1.31. The van der Waals surface area contributed by atoms with E-state index >= 15 is 0 Å². The summed E-state index contributed by atoms with van der Waals surface area (Å²) in [5, 5.41) is 11.4. The molecule has 0 spiro atoms. The lowest BCUT2D eigenvalue weighted by Gasteiger charge is -2.23. The summed E-state index contributed by atoms with van der Waals surface area (Å²) >= 11 is 6.01. The number of allylic oxidation sites excluding steroid dienone is 2. The topological polar surface area (TPSA) is 72.3 Å². The standard InChI is InChI=1S/C24H21ClN2O3/c1-2-13-5-7-17(30-21-12-26-20-10-16(25)6-8-19(20)27-21)11-18(13)22-23(28)14-3-4-15(9-14)24(22)29/h5-8,10-12,14-15,28H,2-4,9H2,1H3/t14-,15+/m1/s1. The van der Waals surface area contributed by atoms with Crippen molar-refractivity contribution in [2.24, 2.45) is 11.8 Å². The van der Waals surface area contributed by atoms with Crippen molar-refractivity contribution in [1.29, 1.82) is 0 Å². The van der Waals surface area contributed by atoms with Gasteiger partial charge in [0.2, 0.25) is 5.88 Å². The Morgan fingerprint density at radius 3 is 2.80 bits per heavy atom. The Hall–Kier alpha value is -2.92. The summed E-state index contributed by atoms with van der Waals surface area (Å²) in [6.45, 7) is 2.04. The summed E-state index contributed by atoms with van der Waals surface area (Å²) in [7, 11) is 0. The van der Waals surface area contributed by atoms with Crippen LogP contribution in [0.3, 0.4) is 0 Å². The van der Waals surface area contributed by atoms with E-state index < -0.39 is 0 Å². The van der Waals surface area contributed by atoms with Crippen molar-refractivity contribution in [2.75, 3.05) is 0 Å². The number of aryl methyl sites for hydroxylation is 1. The number of carbonyl (C=O) groups excluding carboxylic acids is 1. The average Bonchev–Trinajstić information content (AvgIpc) is 3.20. The van der Waals surface area contributed by atoms with Crippen molar-refractivity contribution in [3.05, 3.63) is 64.5 Å². The number of aliphatic hydroxyl groups is 1. The molecule has 1 saturated carbocycles. The predicted octanol–water partition coefficient (Wildman–Crippen LogP) is 5.91. The zero-order valence-electron chi connectivity index (χ0n) is 16.6. The molecule has 5 rings (SSSR count). The van der Waals surface area contributed by atoms with Crippen LogP contribution in [0.25, 0.3) is 16.6 Å². The third kappa shape index (κ3) is 3.23. The molecule has 5 nitrogen and oxygen atoms in total. The Morgan fingerprint density at radius 1 is 1.13 bits per heavy atom. The van der Waals surface area contributed by atoms with Gasteiger partial charge in [-0.1, -0.05) is 24.6 Å². The van der Waals surface area contributed by atoms with Gasteiger partial charge in [0.25, 0.3) is 0 Å². The summed E-state index contributed by atoms with van der Waals surface area (Å²) in [4.78, 5) is 21.9. The maximum absolute atomic E-state index is 13.0. The molecule has 0 unspecified atom stereocenters. The van der Waals surface area contributed by atoms with Gasteiger partial charge in [-0.05, 0) is 67.1 Å². The molecule has 2 atom stereocenters. The fraction of sp³-hybridized carbons (Fsp3) is 0.292. The highest BCUT2D eigenvalue weighted by Gasteiger charge is 2.41. The van der Waals surface area contributed by atoms with E-state index in [4.69, 9.17) is 16.3 Å². The Morgan fingerprint density at radius 2 is 1.97 bits per heavy atom. The van der Waals surface area contributed by atoms with E-state index in [2.05, 4.69) is 9.97 Å². The number of nitrogens with zero attached hydrogens (tertiary/aromatic N) is 2. The first-order valence-corrected chi connectivity index (χ1v) is 10.6. The molecule has 152 valence electrons. The van der Waals surface area contributed by atoms with Crippen LogP contribution in [0.5, 0.6) is 11.6 Å². The highest BCUT2D eigenvalue weighted by atomic mass is 35.5. The third-order valence-corrected chi connectivity index (χ3v) is 6.36. The molecule has 1 fully saturated rings. The lowest BCUT2D eigenvalue weighted by molar-refractivity contribution is -0.117. The molecule has 0 radical (unpaired) electrons. The molecule has 30 heavy (non-hydrogen) atoms. The molecule has 2 aliphatic carbocycles. The molecule has 1 N–H and O–H groups in total. The Labute approximate surface area is 179 Å². The van der Waals surface area contributed by atoms with E-state index in [1.165, 1.54) is 0 Å². The van der Waals surface area contributed by atoms with Crippen molar-refractivity contribution in [1.82, 2.24) is 9.97 Å². The average molecular weight is 421 g/mol. The van der Waals surface area contributed by atoms with Gasteiger partial charge in [0.05, 0.1) is 22.8 Å². The Balaban J connectivity index is 1.53. The number of rotatable bonds is 4. The molecular formula is C24H21ClN2O3. The lowest BCUT2D eigenvalue weighted by Crippen LogP contribution is -2.21. The molecule has 0 saturated heterocycles. The molecule has 2 bridgehead atoms. The van der Waals surface area contributed by atoms with Gasteiger partial charge in [0, 0.05) is 16.9 Å². The number of benzene rings is 2. The molecule has 2 aromatic carbocycles. The number of ether oxygens (including phenoxy) is 1. The van der Waals surface area contributed by atoms with Gasteiger partial charge in [0.15, 0.2) is 5.78 Å². The van der Waals surface area contributed by atoms with Gasteiger partial charge in [-0.15, -0.1) is 0 Å². The van der Waals surface area contributed by atoms with E-state index in [0.717, 1.165) is 36.8 Å². The summed E-state index contributed by atoms with van der Waals surface area (Å²) in [6, 6.07) is 10.9. The third-order valence-electron chi connectivity index (χ3n) is 6.13. The Bertz CT molecular complexity index is 1200. The second-order valence-electron chi connectivity index (χ2n) is 7.95. The normalized spacial score (nSPS) is 20.8. The number of Topliss-reactive ketones (excluding diaryl/α,β-unsaturated/α-hetero) is 1. The van der Waals surface area contributed by atoms with Crippen LogP contribution >= 0.6 is 11.6 Å². The van der Waals surface area contributed by atoms with Crippen LogP contribution in [0.1, 0.15) is 37.3 Å². The predicted molar refractivity (Wildman–Crippen MR) is 116 cm³/mol. The summed E-state index contributed by atoms with van der Waals surface area (Å²) in [6.07, 6.45) is 4.80. The number of aliphatic hydroxyl groups excluding tert-OH is 1. The number of ketones is 1. The van der Waals surface area contributed by atoms with Crippen molar-refractivity contribution in [3.63, 3.8) is 0 Å². The quantitative estimate of drug-likeness (QED) is 0.568. The van der Waals surface area contributed by atoms with E-state index in [0.29, 0.717) is 33.3 Å². The van der Waals surface area contributed by atoms with E-state index in [9.17, 15) is 9.90 Å². The van der Waals surface area contributed by atoms with E-state index in [-0.39, 0.29) is 23.4 Å². The lowest BCUT2D eigenvalue weighted by atomic mass is 9.81. The molecule has 1 heterocycles. The molecule has 2 aliphatic rings. The first-order chi connectivity index (χ1) is 14.5. The van der Waals surface area contributed by atoms with Gasteiger partial charge in [0.1, 0.15) is 11.5 Å². The van der Waals surface area contributed by atoms with Crippen molar-refractivity contribution >= 4 is 34.0 Å². The van der Waals surface area contributed by atoms with Gasteiger partial charge in [-0.2, -0.15) is 0 Å². The Kier molecular flexibility index (Phi) is 4.70. The maximum Gasteiger partial charge on any atom is 0.238 e. The fourth-order valence-corrected chi connectivity index (χ4v) is 4.74. The van der Waals surface area contributed by atoms with E-state index in [1.807, 2.05) is 25.1 Å². The molecule has 6 heteroatoms. The zero-order chi connectivity index (χ0) is 20.8. The monoisotopic (exact) mass is 420 g/mol. The van der Waals surface area contributed by atoms with Crippen LogP contribution < -0.4 is 4.74 Å². The number of hydrogen-bond donors (Lipinski definition) is 1. The minimum atomic E-state index is 0.0216. The smallest absolute Gasteiger partial charge is 0.238 e. The second-order valence-corrected chi connectivity index (χ2v) is 8.38. The van der Waals surface area contributed by atoms with Crippen LogP contribution in [0.2, 0.25) is 5.02 Å². The van der Waals surface area contributed by atoms with Crippen LogP contribution in [0.4, 0.5) is 0 Å². The maximum atomic E-state index is 13.0. The summed E-state index contributed by atoms with van der Waals surface area (Å²) in [5.41, 5.74) is 3.61. The van der Waals surface area contributed by atoms with Crippen molar-refractivity contribution in [2.45, 2.75) is 32.6 Å². The van der Waals surface area contributed by atoms with Crippen LogP contribution in [-0.2, 0) is 11.2 Å². The minimum absolute atomic E-state index is 0.0216. The van der Waals surface area contributed by atoms with E-state index in [1.54, 1.807) is 24.4 Å². The highest BCUT2D eigenvalue weighted by Crippen LogP contribution is 2.46. The van der Waals surface area contributed by atoms with Crippen molar-refractivity contribution in [3.8, 4) is 11.6 Å². The van der Waals surface area contributed by atoms with Crippen LogP contribution in [-0.4, -0.2) is 20.9 Å². The first-order valence-electron chi connectivity index (χ1n) is 10.2. The minimum Gasteiger partial charge on any atom is -0.511 e. The van der Waals surface area contributed by atoms with Gasteiger partial charge < -0.3 is 9.84 Å². The molecule has 0 amide bonds. The number of fused-ring (bicyclic) bond motifs is 3. The van der Waals surface area contributed by atoms with Crippen LogP contribution in [0, 0.1) is 11.8 Å². The fourth-order valence-electron chi connectivity index (χ4n) is 4.57. The number of aromatic nitrogens is 2. The van der Waals surface area contributed by atoms with Gasteiger partial charge in [-0.25, -0.2) is 9.97 Å². The van der Waals surface area contributed by atoms with Crippen LogP contribution in [0.15, 0.2) is 48.4 Å². The molecular weight excluding hydrogens is 400 g/mol. The van der Waals surface area contributed by atoms with Gasteiger partial charge >= 0.3 is 0 Å². The number of halogens is 1. The summed E-state index contributed by atoms with van der Waals surface area (Å²) < 4.78 is 5.97. The molecule has 3 aromatic rings. The second kappa shape index (κ2) is 7.40. The largest absolute Gasteiger partial charge is 0.511 e. The van der Waals surface area contributed by atoms with Gasteiger partial charge in [-0.3, -0.25) is 4.79 Å². The SMILES string of the molecule is CCc1ccc(Oc2cnc3cc(Cl)ccc3n2)cc1C1=C(O)[C@@H]2CC[C@@H](C2)C1=O. The number of hydrogen-bond acceptors (Lipinski definition) is 5. The van der Waals surface area contributed by atoms with Crippen molar-refractivity contribution < 1.29 is 14.6 Å².